The van der Waals surface area contributed by atoms with Gasteiger partial charge in [0.1, 0.15) is 0 Å². The van der Waals surface area contributed by atoms with E-state index in [0.29, 0.717) is 18.4 Å². The van der Waals surface area contributed by atoms with E-state index in [4.69, 9.17) is 4.98 Å². The van der Waals surface area contributed by atoms with Crippen LogP contribution in [0.4, 0.5) is 0 Å². The second-order valence-electron chi connectivity index (χ2n) is 6.68. The van der Waals surface area contributed by atoms with Crippen LogP contribution >= 0.6 is 11.3 Å². The molecule has 23 heavy (non-hydrogen) atoms. The molecule has 2 aliphatic heterocycles. The van der Waals surface area contributed by atoms with Gasteiger partial charge in [-0.1, -0.05) is 12.1 Å². The van der Waals surface area contributed by atoms with Crippen molar-refractivity contribution in [2.24, 2.45) is 0 Å². The summed E-state index contributed by atoms with van der Waals surface area (Å²) in [6, 6.07) is 8.32. The van der Waals surface area contributed by atoms with Crippen LogP contribution in [0.25, 0.3) is 10.2 Å². The van der Waals surface area contributed by atoms with Gasteiger partial charge in [-0.15, -0.1) is 11.3 Å². The molecule has 0 N–H and O–H groups in total. The number of carbonyl (C=O) groups excluding carboxylic acids is 1. The maximum atomic E-state index is 12.6. The van der Waals surface area contributed by atoms with Crippen molar-refractivity contribution >= 4 is 27.5 Å². The van der Waals surface area contributed by atoms with Crippen LogP contribution in [-0.4, -0.2) is 53.4 Å². The molecule has 0 spiro atoms. The van der Waals surface area contributed by atoms with Gasteiger partial charge in [0.15, 0.2) is 0 Å². The summed E-state index contributed by atoms with van der Waals surface area (Å²) in [6.07, 6.45) is 4.71. The molecule has 2 saturated heterocycles. The fraction of sp³-hybridized carbons (Fsp3) is 0.556. The molecule has 4 rings (SSSR count). The van der Waals surface area contributed by atoms with E-state index in [1.165, 1.54) is 22.5 Å². The lowest BCUT2D eigenvalue weighted by Gasteiger charge is -2.33. The Kier molecular flexibility index (Phi) is 4.31. The normalized spacial score (nSPS) is 22.8. The lowest BCUT2D eigenvalue weighted by molar-refractivity contribution is -0.133. The number of hydrogen-bond donors (Lipinski definition) is 0. The quantitative estimate of drug-likeness (QED) is 0.868. The number of rotatable bonds is 3. The number of benzene rings is 1. The smallest absolute Gasteiger partial charge is 0.236 e. The van der Waals surface area contributed by atoms with Crippen LogP contribution in [0.2, 0.25) is 0 Å². The van der Waals surface area contributed by atoms with Gasteiger partial charge < -0.3 is 4.90 Å². The molecule has 4 nitrogen and oxygen atoms in total. The molecule has 3 heterocycles. The van der Waals surface area contributed by atoms with Gasteiger partial charge in [-0.05, 0) is 50.9 Å². The van der Waals surface area contributed by atoms with Crippen molar-refractivity contribution in [3.63, 3.8) is 0 Å². The van der Waals surface area contributed by atoms with Gasteiger partial charge in [0.2, 0.25) is 5.91 Å². The molecule has 1 aromatic carbocycles. The topological polar surface area (TPSA) is 36.4 Å². The number of fused-ring (bicyclic) bond motifs is 1. The molecule has 0 bridgehead atoms. The van der Waals surface area contributed by atoms with Crippen LogP contribution in [-0.2, 0) is 4.79 Å². The third kappa shape index (κ3) is 3.26. The van der Waals surface area contributed by atoms with E-state index < -0.39 is 0 Å². The van der Waals surface area contributed by atoms with E-state index in [1.807, 2.05) is 6.07 Å². The van der Waals surface area contributed by atoms with E-state index in [9.17, 15) is 4.79 Å². The molecule has 1 amide bonds. The molecule has 0 unspecified atom stereocenters. The van der Waals surface area contributed by atoms with Crippen molar-refractivity contribution in [2.45, 2.75) is 31.6 Å². The van der Waals surface area contributed by atoms with Crippen molar-refractivity contribution in [3.8, 4) is 0 Å². The summed E-state index contributed by atoms with van der Waals surface area (Å²) in [4.78, 5) is 21.7. The van der Waals surface area contributed by atoms with Crippen molar-refractivity contribution in [3.05, 3.63) is 29.3 Å². The largest absolute Gasteiger partial charge is 0.341 e. The first-order chi connectivity index (χ1) is 11.3. The number of piperidine rings is 1. The van der Waals surface area contributed by atoms with Crippen LogP contribution in [0.5, 0.6) is 0 Å². The van der Waals surface area contributed by atoms with E-state index in [0.717, 1.165) is 44.5 Å². The molecule has 1 aromatic heterocycles. The van der Waals surface area contributed by atoms with Gasteiger partial charge in [0.05, 0.1) is 21.8 Å². The van der Waals surface area contributed by atoms with Crippen LogP contribution in [0.3, 0.4) is 0 Å². The molecule has 122 valence electrons. The minimum atomic E-state index is 0.303. The Morgan fingerprint density at radius 1 is 1.17 bits per heavy atom. The Labute approximate surface area is 141 Å². The number of amides is 1. The SMILES string of the molecule is O=C(CN1CCCC1)N1CCC[C@@H](c2nc3ccccc3s2)C1. The molecular formula is C18H23N3OS. The molecule has 2 aromatic rings. The number of likely N-dealkylation sites (tertiary alicyclic amines) is 2. The average Bonchev–Trinajstić information content (AvgIpc) is 3.24. The first kappa shape index (κ1) is 15.1. The maximum Gasteiger partial charge on any atom is 0.236 e. The Balaban J connectivity index is 1.44. The highest BCUT2D eigenvalue weighted by Gasteiger charge is 2.28. The third-order valence-electron chi connectivity index (χ3n) is 4.99. The van der Waals surface area contributed by atoms with E-state index in [2.05, 4.69) is 28.0 Å². The lowest BCUT2D eigenvalue weighted by Crippen LogP contribution is -2.44. The zero-order valence-corrected chi connectivity index (χ0v) is 14.2. The monoisotopic (exact) mass is 329 g/mol. The van der Waals surface area contributed by atoms with Gasteiger partial charge in [-0.25, -0.2) is 4.98 Å². The second-order valence-corrected chi connectivity index (χ2v) is 7.74. The molecule has 2 aliphatic rings. The molecule has 0 saturated carbocycles. The van der Waals surface area contributed by atoms with Gasteiger partial charge in [-0.2, -0.15) is 0 Å². The van der Waals surface area contributed by atoms with E-state index in [-0.39, 0.29) is 0 Å². The van der Waals surface area contributed by atoms with Crippen molar-refractivity contribution < 1.29 is 4.79 Å². The molecule has 5 heteroatoms. The fourth-order valence-corrected chi connectivity index (χ4v) is 4.80. The first-order valence-corrected chi connectivity index (χ1v) is 9.47. The summed E-state index contributed by atoms with van der Waals surface area (Å²) >= 11 is 1.79. The van der Waals surface area contributed by atoms with Crippen molar-refractivity contribution in [1.29, 1.82) is 0 Å². The molecule has 2 fully saturated rings. The average molecular weight is 329 g/mol. The number of thiazole rings is 1. The number of para-hydroxylation sites is 1. The van der Waals surface area contributed by atoms with Crippen LogP contribution < -0.4 is 0 Å². The third-order valence-corrected chi connectivity index (χ3v) is 6.19. The van der Waals surface area contributed by atoms with Crippen molar-refractivity contribution in [1.82, 2.24) is 14.8 Å². The minimum Gasteiger partial charge on any atom is -0.341 e. The summed E-state index contributed by atoms with van der Waals surface area (Å²) in [6.45, 7) is 4.52. The highest BCUT2D eigenvalue weighted by atomic mass is 32.1. The Bertz CT molecular complexity index is 659. The highest BCUT2D eigenvalue weighted by molar-refractivity contribution is 7.18. The number of aromatic nitrogens is 1. The summed E-state index contributed by atoms with van der Waals surface area (Å²) in [5.74, 6) is 0.710. The van der Waals surface area contributed by atoms with E-state index >= 15 is 0 Å². The Morgan fingerprint density at radius 2 is 2.00 bits per heavy atom. The number of hydrogen-bond acceptors (Lipinski definition) is 4. The predicted molar refractivity (Wildman–Crippen MR) is 93.8 cm³/mol. The fourth-order valence-electron chi connectivity index (χ4n) is 3.70. The molecule has 1 atom stereocenters. The van der Waals surface area contributed by atoms with Gasteiger partial charge >= 0.3 is 0 Å². The lowest BCUT2D eigenvalue weighted by atomic mass is 9.98. The minimum absolute atomic E-state index is 0.303. The van der Waals surface area contributed by atoms with Crippen LogP contribution in [0, 0.1) is 0 Å². The van der Waals surface area contributed by atoms with E-state index in [1.54, 1.807) is 11.3 Å². The molecule has 0 radical (unpaired) electrons. The second kappa shape index (κ2) is 6.57. The predicted octanol–water partition coefficient (Wildman–Crippen LogP) is 3.10. The zero-order chi connectivity index (χ0) is 15.6. The van der Waals surface area contributed by atoms with Gasteiger partial charge in [0.25, 0.3) is 0 Å². The Morgan fingerprint density at radius 3 is 2.83 bits per heavy atom. The maximum absolute atomic E-state index is 12.6. The number of nitrogens with zero attached hydrogens (tertiary/aromatic N) is 3. The first-order valence-electron chi connectivity index (χ1n) is 8.65. The van der Waals surface area contributed by atoms with Crippen molar-refractivity contribution in [2.75, 3.05) is 32.7 Å². The summed E-state index contributed by atoms with van der Waals surface area (Å²) < 4.78 is 1.25. The van der Waals surface area contributed by atoms with Crippen LogP contribution in [0.1, 0.15) is 36.6 Å². The summed E-state index contributed by atoms with van der Waals surface area (Å²) in [5.41, 5.74) is 1.09. The van der Waals surface area contributed by atoms with Gasteiger partial charge in [-0.3, -0.25) is 9.69 Å². The zero-order valence-electron chi connectivity index (χ0n) is 13.4. The summed E-state index contributed by atoms with van der Waals surface area (Å²) in [7, 11) is 0. The highest BCUT2D eigenvalue weighted by Crippen LogP contribution is 2.33. The molecular weight excluding hydrogens is 306 g/mol. The Hall–Kier alpha value is -1.46. The summed E-state index contributed by atoms with van der Waals surface area (Å²) in [5, 5.41) is 1.20. The van der Waals surface area contributed by atoms with Crippen LogP contribution in [0.15, 0.2) is 24.3 Å². The van der Waals surface area contributed by atoms with Gasteiger partial charge in [0, 0.05) is 19.0 Å². The number of carbonyl (C=O) groups is 1. The standard InChI is InChI=1S/C18H23N3OS/c22-17(13-20-9-3-4-10-20)21-11-5-6-14(12-21)18-19-15-7-1-2-8-16(15)23-18/h1-2,7-8,14H,3-6,9-13H2/t14-/m1/s1. The molecule has 0 aliphatic carbocycles.